The maximum absolute atomic E-state index is 13.9. The van der Waals surface area contributed by atoms with E-state index in [1.807, 2.05) is 0 Å². The summed E-state index contributed by atoms with van der Waals surface area (Å²) in [6.45, 7) is 1.60. The molecule has 134 valence electrons. The largest absolute Gasteiger partial charge is 0.325 e. The third-order valence-corrected chi connectivity index (χ3v) is 4.40. The van der Waals surface area contributed by atoms with E-state index in [4.69, 9.17) is 0 Å². The summed E-state index contributed by atoms with van der Waals surface area (Å²) in [5, 5.41) is 13.6. The Kier molecular flexibility index (Phi) is 4.66. The lowest BCUT2D eigenvalue weighted by Gasteiger charge is -2.17. The van der Waals surface area contributed by atoms with Crippen LogP contribution in [0.5, 0.6) is 0 Å². The minimum atomic E-state index is -0.666. The van der Waals surface area contributed by atoms with Gasteiger partial charge in [0.05, 0.1) is 27.8 Å². The molecule has 0 aromatic heterocycles. The number of hydrogen-bond donors (Lipinski definition) is 1. The maximum Gasteiger partial charge on any atom is 0.274 e. The smallest absolute Gasteiger partial charge is 0.274 e. The number of hydrogen-bond acceptors (Lipinski definition) is 4. The van der Waals surface area contributed by atoms with Crippen molar-refractivity contribution in [3.8, 4) is 0 Å². The molecule has 0 spiro atoms. The van der Waals surface area contributed by atoms with Gasteiger partial charge in [0.15, 0.2) is 0 Å². The average molecular weight is 357 g/mol. The van der Waals surface area contributed by atoms with Crippen LogP contribution in [0.1, 0.15) is 12.0 Å². The van der Waals surface area contributed by atoms with Crippen LogP contribution >= 0.6 is 0 Å². The minimum Gasteiger partial charge on any atom is -0.325 e. The van der Waals surface area contributed by atoms with Crippen LogP contribution < -0.4 is 10.2 Å². The number of nitrogens with one attached hydrogen (secondary N) is 1. The molecule has 1 atom stereocenters. The van der Waals surface area contributed by atoms with Crippen molar-refractivity contribution in [2.45, 2.75) is 13.3 Å². The number of nitro groups is 1. The highest BCUT2D eigenvalue weighted by molar-refractivity contribution is 6.03. The third kappa shape index (κ3) is 3.26. The molecular weight excluding hydrogens is 341 g/mol. The summed E-state index contributed by atoms with van der Waals surface area (Å²) < 4.78 is 13.9. The highest BCUT2D eigenvalue weighted by atomic mass is 19.1. The molecule has 2 amide bonds. The second kappa shape index (κ2) is 6.91. The Bertz CT molecular complexity index is 900. The van der Waals surface area contributed by atoms with E-state index in [-0.39, 0.29) is 30.2 Å². The van der Waals surface area contributed by atoms with Gasteiger partial charge in [-0.05, 0) is 25.1 Å². The fourth-order valence-electron chi connectivity index (χ4n) is 2.98. The zero-order chi connectivity index (χ0) is 18.8. The van der Waals surface area contributed by atoms with Gasteiger partial charge in [-0.2, -0.15) is 0 Å². The van der Waals surface area contributed by atoms with Crippen molar-refractivity contribution in [3.63, 3.8) is 0 Å². The number of nitro benzene ring substituents is 1. The van der Waals surface area contributed by atoms with Gasteiger partial charge >= 0.3 is 0 Å². The zero-order valence-electron chi connectivity index (χ0n) is 13.9. The van der Waals surface area contributed by atoms with E-state index in [9.17, 15) is 24.1 Å². The van der Waals surface area contributed by atoms with Crippen molar-refractivity contribution in [1.29, 1.82) is 0 Å². The molecule has 8 heteroatoms. The Morgan fingerprint density at radius 2 is 2.00 bits per heavy atom. The number of anilines is 2. The van der Waals surface area contributed by atoms with E-state index in [0.29, 0.717) is 11.3 Å². The number of rotatable bonds is 4. The van der Waals surface area contributed by atoms with Gasteiger partial charge < -0.3 is 10.2 Å². The number of carbonyl (C=O) groups is 2. The molecular formula is C18H16FN3O4. The monoisotopic (exact) mass is 357 g/mol. The molecule has 2 aromatic rings. The van der Waals surface area contributed by atoms with Crippen LogP contribution in [0.2, 0.25) is 0 Å². The van der Waals surface area contributed by atoms with Crippen LogP contribution in [-0.2, 0) is 9.59 Å². The number of para-hydroxylation sites is 1. The van der Waals surface area contributed by atoms with Gasteiger partial charge in [0.1, 0.15) is 5.82 Å². The van der Waals surface area contributed by atoms with Crippen LogP contribution in [0.4, 0.5) is 21.5 Å². The zero-order valence-corrected chi connectivity index (χ0v) is 13.9. The third-order valence-electron chi connectivity index (χ3n) is 4.40. The molecule has 1 heterocycles. The molecule has 7 nitrogen and oxygen atoms in total. The number of benzene rings is 2. The van der Waals surface area contributed by atoms with Crippen molar-refractivity contribution in [1.82, 2.24) is 0 Å². The van der Waals surface area contributed by atoms with Gasteiger partial charge in [0.2, 0.25) is 11.8 Å². The van der Waals surface area contributed by atoms with Gasteiger partial charge in [-0.1, -0.05) is 18.2 Å². The van der Waals surface area contributed by atoms with Gasteiger partial charge in [-0.3, -0.25) is 19.7 Å². The predicted octanol–water partition coefficient (Wildman–Crippen LogP) is 3.03. The first kappa shape index (κ1) is 17.5. The van der Waals surface area contributed by atoms with Crippen LogP contribution in [0, 0.1) is 28.8 Å². The van der Waals surface area contributed by atoms with E-state index in [1.165, 1.54) is 35.2 Å². The maximum atomic E-state index is 13.9. The fourth-order valence-corrected chi connectivity index (χ4v) is 2.98. The Hall–Kier alpha value is -3.29. The number of nitrogens with zero attached hydrogens (tertiary/aromatic N) is 2. The molecule has 3 rings (SSSR count). The summed E-state index contributed by atoms with van der Waals surface area (Å²) in [5.74, 6) is -1.97. The van der Waals surface area contributed by atoms with Crippen LogP contribution in [0.15, 0.2) is 42.5 Å². The Labute approximate surface area is 148 Å². The van der Waals surface area contributed by atoms with Crippen molar-refractivity contribution in [2.24, 2.45) is 5.92 Å². The Morgan fingerprint density at radius 1 is 1.27 bits per heavy atom. The average Bonchev–Trinajstić information content (AvgIpc) is 2.98. The first-order valence-corrected chi connectivity index (χ1v) is 7.98. The van der Waals surface area contributed by atoms with Crippen LogP contribution in [0.3, 0.4) is 0 Å². The summed E-state index contributed by atoms with van der Waals surface area (Å²) in [6, 6.07) is 10.3. The SMILES string of the molecule is Cc1c(NC(=O)[C@H]2CC(=O)N(c3ccccc3F)C2)cccc1[N+](=O)[O-]. The standard InChI is InChI=1S/C18H16FN3O4/c1-11-14(6-4-8-15(11)22(25)26)20-18(24)12-9-17(23)21(10-12)16-7-3-2-5-13(16)19/h2-8,12H,9-10H2,1H3,(H,20,24)/t12-/m0/s1. The number of halogens is 1. The molecule has 0 radical (unpaired) electrons. The lowest BCUT2D eigenvalue weighted by Crippen LogP contribution is -2.28. The first-order valence-electron chi connectivity index (χ1n) is 7.98. The van der Waals surface area contributed by atoms with Gasteiger partial charge in [-0.15, -0.1) is 0 Å². The van der Waals surface area contributed by atoms with E-state index in [2.05, 4.69) is 5.32 Å². The lowest BCUT2D eigenvalue weighted by atomic mass is 10.1. The lowest BCUT2D eigenvalue weighted by molar-refractivity contribution is -0.385. The van der Waals surface area contributed by atoms with Gasteiger partial charge in [0, 0.05) is 19.0 Å². The topological polar surface area (TPSA) is 92.6 Å². The van der Waals surface area contributed by atoms with Crippen molar-refractivity contribution >= 4 is 28.9 Å². The summed E-state index contributed by atoms with van der Waals surface area (Å²) in [4.78, 5) is 36.4. The molecule has 0 aliphatic carbocycles. The molecule has 1 N–H and O–H groups in total. The normalized spacial score (nSPS) is 16.6. The molecule has 0 unspecified atom stereocenters. The summed E-state index contributed by atoms with van der Waals surface area (Å²) in [6.07, 6.45) is -0.0475. The van der Waals surface area contributed by atoms with E-state index in [0.717, 1.165) is 0 Å². The van der Waals surface area contributed by atoms with Gasteiger partial charge in [-0.25, -0.2) is 4.39 Å². The minimum absolute atomic E-state index is 0.0475. The summed E-state index contributed by atoms with van der Waals surface area (Å²) in [7, 11) is 0. The quantitative estimate of drug-likeness (QED) is 0.672. The highest BCUT2D eigenvalue weighted by Crippen LogP contribution is 2.29. The van der Waals surface area contributed by atoms with E-state index >= 15 is 0 Å². The number of carbonyl (C=O) groups excluding carboxylic acids is 2. The van der Waals surface area contributed by atoms with Crippen LogP contribution in [0.25, 0.3) is 0 Å². The molecule has 0 saturated carbocycles. The Balaban J connectivity index is 1.76. The van der Waals surface area contributed by atoms with E-state index in [1.54, 1.807) is 19.1 Å². The molecule has 1 aliphatic heterocycles. The Morgan fingerprint density at radius 3 is 2.69 bits per heavy atom. The second-order valence-electron chi connectivity index (χ2n) is 6.05. The first-order chi connectivity index (χ1) is 12.4. The van der Waals surface area contributed by atoms with Crippen molar-refractivity contribution in [2.75, 3.05) is 16.8 Å². The predicted molar refractivity (Wildman–Crippen MR) is 93.3 cm³/mol. The molecule has 26 heavy (non-hydrogen) atoms. The highest BCUT2D eigenvalue weighted by Gasteiger charge is 2.36. The summed E-state index contributed by atoms with van der Waals surface area (Å²) in [5.41, 5.74) is 0.694. The summed E-state index contributed by atoms with van der Waals surface area (Å²) >= 11 is 0. The number of amides is 2. The molecule has 0 bridgehead atoms. The van der Waals surface area contributed by atoms with E-state index < -0.39 is 22.6 Å². The molecule has 1 saturated heterocycles. The second-order valence-corrected chi connectivity index (χ2v) is 6.05. The van der Waals surface area contributed by atoms with Crippen molar-refractivity contribution < 1.29 is 18.9 Å². The fraction of sp³-hybridized carbons (Fsp3) is 0.222. The van der Waals surface area contributed by atoms with Gasteiger partial charge in [0.25, 0.3) is 5.69 Å². The van der Waals surface area contributed by atoms with Crippen molar-refractivity contribution in [3.05, 3.63) is 64.0 Å². The molecule has 1 fully saturated rings. The molecule has 1 aliphatic rings. The molecule has 2 aromatic carbocycles. The van der Waals surface area contributed by atoms with Crippen LogP contribution in [-0.4, -0.2) is 23.3 Å².